The fourth-order valence-corrected chi connectivity index (χ4v) is 2.50. The van der Waals surface area contributed by atoms with Gasteiger partial charge in [0.2, 0.25) is 0 Å². The Balaban J connectivity index is 2.18. The van der Waals surface area contributed by atoms with Crippen LogP contribution < -0.4 is 10.1 Å². The van der Waals surface area contributed by atoms with Crippen LogP contribution in [-0.2, 0) is 0 Å². The van der Waals surface area contributed by atoms with Crippen molar-refractivity contribution in [2.24, 2.45) is 0 Å². The maximum Gasteiger partial charge on any atom is 0.133 e. The first-order valence-corrected chi connectivity index (χ1v) is 6.92. The molecule has 2 aromatic rings. The molecule has 0 radical (unpaired) electrons. The van der Waals surface area contributed by atoms with Gasteiger partial charge in [-0.15, -0.1) is 0 Å². The van der Waals surface area contributed by atoms with E-state index < -0.39 is 0 Å². The average Bonchev–Trinajstić information content (AvgIpc) is 2.37. The highest BCUT2D eigenvalue weighted by molar-refractivity contribution is 9.10. The Morgan fingerprint density at radius 2 is 1.75 bits per heavy atom. The fourth-order valence-electron chi connectivity index (χ4n) is 1.96. The van der Waals surface area contributed by atoms with E-state index in [1.54, 1.807) is 19.2 Å². The molecule has 0 saturated heterocycles. The van der Waals surface area contributed by atoms with Crippen molar-refractivity contribution in [2.45, 2.75) is 13.0 Å². The second-order valence-corrected chi connectivity index (χ2v) is 5.35. The number of anilines is 1. The maximum absolute atomic E-state index is 9.51. The molecule has 0 amide bonds. The summed E-state index contributed by atoms with van der Waals surface area (Å²) in [7, 11) is 1.62. The number of ether oxygens (including phenoxy) is 1. The van der Waals surface area contributed by atoms with Crippen LogP contribution in [0.2, 0.25) is 0 Å². The molecule has 106 valence electrons. The van der Waals surface area contributed by atoms with E-state index in [1.807, 2.05) is 25.1 Å². The van der Waals surface area contributed by atoms with Gasteiger partial charge in [-0.3, -0.25) is 0 Å². The summed E-state index contributed by atoms with van der Waals surface area (Å²) in [6.07, 6.45) is 0. The number of halogens is 1. The summed E-state index contributed by atoms with van der Waals surface area (Å²) in [6, 6.07) is 10.2. The minimum absolute atomic E-state index is 0.0459. The van der Waals surface area contributed by atoms with Gasteiger partial charge in [-0.05, 0) is 58.7 Å². The Morgan fingerprint density at radius 1 is 1.10 bits per heavy atom. The van der Waals surface area contributed by atoms with Gasteiger partial charge in [-0.2, -0.15) is 0 Å². The molecule has 3 N–H and O–H groups in total. The molecule has 2 rings (SSSR count). The number of benzene rings is 2. The average molecular weight is 338 g/mol. The number of phenols is 2. The van der Waals surface area contributed by atoms with Crippen molar-refractivity contribution in [3.8, 4) is 17.2 Å². The predicted octanol–water partition coefficient (Wildman–Crippen LogP) is 4.04. The van der Waals surface area contributed by atoms with Crippen molar-refractivity contribution in [1.82, 2.24) is 0 Å². The third kappa shape index (κ3) is 3.36. The van der Waals surface area contributed by atoms with E-state index >= 15 is 0 Å². The Morgan fingerprint density at radius 3 is 2.30 bits per heavy atom. The summed E-state index contributed by atoms with van der Waals surface area (Å²) < 4.78 is 6.04. The van der Waals surface area contributed by atoms with Crippen LogP contribution in [-0.4, -0.2) is 17.3 Å². The minimum Gasteiger partial charge on any atom is -0.508 e. The molecule has 0 aliphatic carbocycles. The standard InChI is InChI=1S/C15H16BrNO3/c1-9(10-5-12(18)8-13(19)6-10)17-11-3-4-15(20-2)14(16)7-11/h3-9,17-19H,1-2H3. The van der Waals surface area contributed by atoms with Crippen LogP contribution in [0.25, 0.3) is 0 Å². The van der Waals surface area contributed by atoms with Crippen LogP contribution in [0.3, 0.4) is 0 Å². The number of aromatic hydroxyl groups is 2. The molecule has 1 atom stereocenters. The lowest BCUT2D eigenvalue weighted by Crippen LogP contribution is -2.06. The van der Waals surface area contributed by atoms with Crippen LogP contribution in [0.5, 0.6) is 17.2 Å². The van der Waals surface area contributed by atoms with Gasteiger partial charge in [0.05, 0.1) is 11.6 Å². The molecule has 0 fully saturated rings. The summed E-state index contributed by atoms with van der Waals surface area (Å²) in [4.78, 5) is 0. The van der Waals surface area contributed by atoms with Gasteiger partial charge in [0.25, 0.3) is 0 Å². The molecule has 0 saturated carbocycles. The Bertz CT molecular complexity index is 596. The second-order valence-electron chi connectivity index (χ2n) is 4.50. The van der Waals surface area contributed by atoms with Crippen molar-refractivity contribution < 1.29 is 14.9 Å². The molecule has 0 aliphatic rings. The molecule has 0 aliphatic heterocycles. The number of hydrogen-bond acceptors (Lipinski definition) is 4. The monoisotopic (exact) mass is 337 g/mol. The Hall–Kier alpha value is -1.88. The normalized spacial score (nSPS) is 11.9. The fraction of sp³-hybridized carbons (Fsp3) is 0.200. The molecular weight excluding hydrogens is 322 g/mol. The van der Waals surface area contributed by atoms with Crippen molar-refractivity contribution in [2.75, 3.05) is 12.4 Å². The number of rotatable bonds is 4. The largest absolute Gasteiger partial charge is 0.508 e. The van der Waals surface area contributed by atoms with Gasteiger partial charge in [-0.1, -0.05) is 0 Å². The molecular formula is C15H16BrNO3. The van der Waals surface area contributed by atoms with Crippen LogP contribution in [0, 0.1) is 0 Å². The van der Waals surface area contributed by atoms with Gasteiger partial charge < -0.3 is 20.3 Å². The summed E-state index contributed by atoms with van der Waals surface area (Å²) >= 11 is 3.43. The van der Waals surface area contributed by atoms with E-state index in [-0.39, 0.29) is 17.5 Å². The first-order chi connectivity index (χ1) is 9.49. The molecule has 0 heterocycles. The molecule has 2 aromatic carbocycles. The lowest BCUT2D eigenvalue weighted by atomic mass is 10.1. The lowest BCUT2D eigenvalue weighted by Gasteiger charge is -2.17. The van der Waals surface area contributed by atoms with E-state index in [4.69, 9.17) is 4.74 Å². The van der Waals surface area contributed by atoms with E-state index in [0.29, 0.717) is 0 Å². The smallest absolute Gasteiger partial charge is 0.133 e. The minimum atomic E-state index is -0.0618. The van der Waals surface area contributed by atoms with Gasteiger partial charge in [-0.25, -0.2) is 0 Å². The van der Waals surface area contributed by atoms with Gasteiger partial charge in [0.15, 0.2) is 0 Å². The van der Waals surface area contributed by atoms with Crippen molar-refractivity contribution in [1.29, 1.82) is 0 Å². The Labute approximate surface area is 126 Å². The maximum atomic E-state index is 9.51. The third-order valence-electron chi connectivity index (χ3n) is 2.96. The number of nitrogens with one attached hydrogen (secondary N) is 1. The van der Waals surface area contributed by atoms with E-state index in [9.17, 15) is 10.2 Å². The number of methoxy groups -OCH3 is 1. The summed E-state index contributed by atoms with van der Waals surface area (Å²) in [5, 5.41) is 22.3. The highest BCUT2D eigenvalue weighted by atomic mass is 79.9. The zero-order valence-electron chi connectivity index (χ0n) is 11.2. The van der Waals surface area contributed by atoms with E-state index in [1.165, 1.54) is 6.07 Å². The number of phenolic OH excluding ortho intramolecular Hbond substituents is 2. The quantitative estimate of drug-likeness (QED) is 0.787. The summed E-state index contributed by atoms with van der Waals surface area (Å²) in [5.41, 5.74) is 1.71. The zero-order chi connectivity index (χ0) is 14.7. The molecule has 0 bridgehead atoms. The predicted molar refractivity (Wildman–Crippen MR) is 82.5 cm³/mol. The lowest BCUT2D eigenvalue weighted by molar-refractivity contribution is 0.412. The van der Waals surface area contributed by atoms with Gasteiger partial charge in [0, 0.05) is 17.8 Å². The van der Waals surface area contributed by atoms with E-state index in [0.717, 1.165) is 21.5 Å². The topological polar surface area (TPSA) is 61.7 Å². The third-order valence-corrected chi connectivity index (χ3v) is 3.58. The first kappa shape index (κ1) is 14.5. The first-order valence-electron chi connectivity index (χ1n) is 6.12. The summed E-state index contributed by atoms with van der Waals surface area (Å²) in [5.74, 6) is 0.854. The SMILES string of the molecule is COc1ccc(NC(C)c2cc(O)cc(O)c2)cc1Br. The highest BCUT2D eigenvalue weighted by Crippen LogP contribution is 2.31. The molecule has 5 heteroatoms. The molecule has 0 aromatic heterocycles. The van der Waals surface area contributed by atoms with Crippen LogP contribution in [0.15, 0.2) is 40.9 Å². The molecule has 4 nitrogen and oxygen atoms in total. The molecule has 1 unspecified atom stereocenters. The van der Waals surface area contributed by atoms with Crippen LogP contribution in [0.1, 0.15) is 18.5 Å². The van der Waals surface area contributed by atoms with E-state index in [2.05, 4.69) is 21.2 Å². The van der Waals surface area contributed by atoms with Crippen molar-refractivity contribution in [3.05, 3.63) is 46.4 Å². The molecule has 0 spiro atoms. The second kappa shape index (κ2) is 6.05. The zero-order valence-corrected chi connectivity index (χ0v) is 12.8. The van der Waals surface area contributed by atoms with Crippen molar-refractivity contribution in [3.63, 3.8) is 0 Å². The summed E-state index contributed by atoms with van der Waals surface area (Å²) in [6.45, 7) is 1.95. The number of hydrogen-bond donors (Lipinski definition) is 3. The van der Waals surface area contributed by atoms with Crippen LogP contribution >= 0.6 is 15.9 Å². The van der Waals surface area contributed by atoms with Gasteiger partial charge >= 0.3 is 0 Å². The van der Waals surface area contributed by atoms with Crippen LogP contribution in [0.4, 0.5) is 5.69 Å². The molecule has 20 heavy (non-hydrogen) atoms. The van der Waals surface area contributed by atoms with Crippen molar-refractivity contribution >= 4 is 21.6 Å². The van der Waals surface area contributed by atoms with Gasteiger partial charge in [0.1, 0.15) is 17.2 Å². The Kier molecular flexibility index (Phi) is 4.39. The highest BCUT2D eigenvalue weighted by Gasteiger charge is 2.09.